The number of carbonyl (C=O) groups is 2. The van der Waals surface area contributed by atoms with Crippen LogP contribution in [-0.2, 0) is 9.53 Å². The lowest BCUT2D eigenvalue weighted by atomic mass is 10.1. The van der Waals surface area contributed by atoms with Gasteiger partial charge in [0.05, 0.1) is 6.61 Å². The molecule has 0 aliphatic carbocycles. The molecule has 1 aromatic carbocycles. The molecule has 0 saturated heterocycles. The van der Waals surface area contributed by atoms with Crippen molar-refractivity contribution in [2.45, 2.75) is 31.6 Å². The van der Waals surface area contributed by atoms with Crippen molar-refractivity contribution in [3.05, 3.63) is 52.7 Å². The van der Waals surface area contributed by atoms with Crippen LogP contribution in [-0.4, -0.2) is 24.4 Å². The zero-order chi connectivity index (χ0) is 18.1. The fourth-order valence-electron chi connectivity index (χ4n) is 2.11. The van der Waals surface area contributed by atoms with Crippen molar-refractivity contribution in [3.63, 3.8) is 0 Å². The zero-order valence-corrected chi connectivity index (χ0v) is 14.4. The van der Waals surface area contributed by atoms with Gasteiger partial charge in [-0.1, -0.05) is 24.3 Å². The summed E-state index contributed by atoms with van der Waals surface area (Å²) in [5, 5.41) is 3.98. The molecular formula is C18H19F2NO3S. The highest BCUT2D eigenvalue weighted by molar-refractivity contribution is 7.11. The number of thiophene rings is 1. The van der Waals surface area contributed by atoms with Gasteiger partial charge in [0, 0.05) is 12.1 Å². The Labute approximate surface area is 148 Å². The minimum atomic E-state index is -3.43. The number of ether oxygens (including phenoxy) is 1. The Hall–Kier alpha value is -2.28. The van der Waals surface area contributed by atoms with Crippen LogP contribution in [0.15, 0.2) is 47.8 Å². The third kappa shape index (κ3) is 6.26. The van der Waals surface area contributed by atoms with Crippen LogP contribution in [0.1, 0.15) is 35.4 Å². The highest BCUT2D eigenvalue weighted by atomic mass is 32.1. The molecule has 2 rings (SSSR count). The molecule has 0 fully saturated rings. The van der Waals surface area contributed by atoms with Crippen molar-refractivity contribution in [2.75, 3.05) is 11.9 Å². The average molecular weight is 367 g/mol. The number of hydrogen-bond donors (Lipinski definition) is 1. The molecule has 4 nitrogen and oxygen atoms in total. The number of amides is 1. The van der Waals surface area contributed by atoms with Gasteiger partial charge < -0.3 is 10.1 Å². The lowest BCUT2D eigenvalue weighted by Crippen LogP contribution is -2.34. The molecule has 2 aromatic rings. The molecule has 25 heavy (non-hydrogen) atoms. The van der Waals surface area contributed by atoms with E-state index in [1.165, 1.54) is 11.3 Å². The third-order valence-corrected chi connectivity index (χ3v) is 4.30. The Bertz CT molecular complexity index is 675. The fourth-order valence-corrected chi connectivity index (χ4v) is 2.73. The number of hydrogen-bond acceptors (Lipinski definition) is 4. The van der Waals surface area contributed by atoms with Crippen LogP contribution < -0.4 is 5.32 Å². The van der Waals surface area contributed by atoms with Gasteiger partial charge in [0.25, 0.3) is 5.91 Å². The van der Waals surface area contributed by atoms with Gasteiger partial charge in [-0.2, -0.15) is 8.78 Å². The maximum absolute atomic E-state index is 13.8. The Morgan fingerprint density at radius 1 is 1.04 bits per heavy atom. The Balaban J connectivity index is 1.63. The predicted molar refractivity (Wildman–Crippen MR) is 93.1 cm³/mol. The van der Waals surface area contributed by atoms with Gasteiger partial charge in [0.15, 0.2) is 0 Å². The second-order valence-electron chi connectivity index (χ2n) is 5.45. The first kappa shape index (κ1) is 19.1. The Morgan fingerprint density at radius 3 is 2.48 bits per heavy atom. The normalized spacial score (nSPS) is 11.1. The molecule has 0 radical (unpaired) electrons. The van der Waals surface area contributed by atoms with E-state index in [2.05, 4.69) is 5.32 Å². The van der Waals surface area contributed by atoms with Crippen LogP contribution in [0.4, 0.5) is 14.5 Å². The topological polar surface area (TPSA) is 55.4 Å². The number of halogens is 2. The van der Waals surface area contributed by atoms with Gasteiger partial charge in [-0.05, 0) is 42.8 Å². The summed E-state index contributed by atoms with van der Waals surface area (Å²) in [5.74, 6) is -5.13. The summed E-state index contributed by atoms with van der Waals surface area (Å²) in [4.78, 5) is 23.7. The van der Waals surface area contributed by atoms with Crippen molar-refractivity contribution in [3.8, 4) is 0 Å². The van der Waals surface area contributed by atoms with Gasteiger partial charge in [-0.15, -0.1) is 11.3 Å². The minimum absolute atomic E-state index is 0.172. The maximum Gasteiger partial charge on any atom is 0.348 e. The van der Waals surface area contributed by atoms with E-state index in [0.29, 0.717) is 23.4 Å². The summed E-state index contributed by atoms with van der Waals surface area (Å²) in [5.41, 5.74) is 0.340. The number of rotatable bonds is 9. The molecule has 0 aliphatic rings. The van der Waals surface area contributed by atoms with E-state index in [1.807, 2.05) is 0 Å². The lowest BCUT2D eigenvalue weighted by molar-refractivity contribution is -0.140. The van der Waals surface area contributed by atoms with Crippen molar-refractivity contribution >= 4 is 28.9 Å². The van der Waals surface area contributed by atoms with Gasteiger partial charge in [0.1, 0.15) is 4.88 Å². The summed E-state index contributed by atoms with van der Waals surface area (Å²) < 4.78 is 32.7. The molecule has 1 amide bonds. The van der Waals surface area contributed by atoms with E-state index in [-0.39, 0.29) is 13.0 Å². The SMILES string of the molecule is O=C(OCCCCCC(F)(F)C(=O)Nc1ccccc1)c1cccs1. The summed E-state index contributed by atoms with van der Waals surface area (Å²) in [6.07, 6.45) is 0.565. The first-order valence-corrected chi connectivity index (χ1v) is 8.82. The second kappa shape index (κ2) is 9.27. The quantitative estimate of drug-likeness (QED) is 0.514. The largest absolute Gasteiger partial charge is 0.462 e. The summed E-state index contributed by atoms with van der Waals surface area (Å²) in [7, 11) is 0. The molecular weight excluding hydrogens is 348 g/mol. The molecule has 0 unspecified atom stereocenters. The van der Waals surface area contributed by atoms with Crippen LogP contribution in [0, 0.1) is 0 Å². The smallest absolute Gasteiger partial charge is 0.348 e. The number of para-hydroxylation sites is 1. The Morgan fingerprint density at radius 2 is 1.80 bits per heavy atom. The minimum Gasteiger partial charge on any atom is -0.462 e. The highest BCUT2D eigenvalue weighted by Gasteiger charge is 2.37. The van der Waals surface area contributed by atoms with E-state index >= 15 is 0 Å². The number of carbonyl (C=O) groups excluding carboxylic acids is 2. The zero-order valence-electron chi connectivity index (χ0n) is 13.5. The van der Waals surface area contributed by atoms with Gasteiger partial charge >= 0.3 is 11.9 Å². The number of anilines is 1. The number of alkyl halides is 2. The number of unbranched alkanes of at least 4 members (excludes halogenated alkanes) is 2. The molecule has 0 spiro atoms. The van der Waals surface area contributed by atoms with Gasteiger partial charge in [0.2, 0.25) is 0 Å². The molecule has 0 aliphatic heterocycles. The molecule has 0 atom stereocenters. The molecule has 7 heteroatoms. The van der Waals surface area contributed by atoms with E-state index in [9.17, 15) is 18.4 Å². The Kier molecular flexibility index (Phi) is 7.06. The summed E-state index contributed by atoms with van der Waals surface area (Å²) >= 11 is 1.29. The van der Waals surface area contributed by atoms with E-state index < -0.39 is 24.2 Å². The van der Waals surface area contributed by atoms with Crippen molar-refractivity contribution in [2.24, 2.45) is 0 Å². The number of nitrogens with one attached hydrogen (secondary N) is 1. The molecule has 134 valence electrons. The average Bonchev–Trinajstić information content (AvgIpc) is 3.13. The molecule has 0 saturated carbocycles. The highest BCUT2D eigenvalue weighted by Crippen LogP contribution is 2.24. The van der Waals surface area contributed by atoms with Crippen LogP contribution >= 0.6 is 11.3 Å². The summed E-state index contributed by atoms with van der Waals surface area (Å²) in [6, 6.07) is 11.6. The lowest BCUT2D eigenvalue weighted by Gasteiger charge is -2.16. The standard InChI is InChI=1S/C18H19F2NO3S/c19-18(20,17(23)21-14-8-3-1-4-9-14)11-5-2-6-12-24-16(22)15-10-7-13-25-15/h1,3-4,7-10,13H,2,5-6,11-12H2,(H,21,23). The molecule has 0 bridgehead atoms. The fraction of sp³-hybridized carbons (Fsp3) is 0.333. The summed E-state index contributed by atoms with van der Waals surface area (Å²) in [6.45, 7) is 0.179. The van der Waals surface area contributed by atoms with E-state index in [1.54, 1.807) is 47.8 Å². The molecule has 1 heterocycles. The van der Waals surface area contributed by atoms with Crippen LogP contribution in [0.5, 0.6) is 0 Å². The first-order chi connectivity index (χ1) is 12.0. The molecule has 1 aromatic heterocycles. The molecule has 1 N–H and O–H groups in total. The van der Waals surface area contributed by atoms with Gasteiger partial charge in [-0.3, -0.25) is 4.79 Å². The number of benzene rings is 1. The van der Waals surface area contributed by atoms with Crippen LogP contribution in [0.2, 0.25) is 0 Å². The van der Waals surface area contributed by atoms with E-state index in [4.69, 9.17) is 4.74 Å². The van der Waals surface area contributed by atoms with Crippen molar-refractivity contribution < 1.29 is 23.1 Å². The van der Waals surface area contributed by atoms with Crippen molar-refractivity contribution in [1.29, 1.82) is 0 Å². The first-order valence-electron chi connectivity index (χ1n) is 7.94. The second-order valence-corrected chi connectivity index (χ2v) is 6.40. The third-order valence-electron chi connectivity index (χ3n) is 3.45. The number of esters is 1. The van der Waals surface area contributed by atoms with E-state index in [0.717, 1.165) is 0 Å². The maximum atomic E-state index is 13.8. The van der Waals surface area contributed by atoms with Gasteiger partial charge in [-0.25, -0.2) is 4.79 Å². The monoisotopic (exact) mass is 367 g/mol. The van der Waals surface area contributed by atoms with Crippen molar-refractivity contribution in [1.82, 2.24) is 0 Å². The van der Waals surface area contributed by atoms with Crippen LogP contribution in [0.3, 0.4) is 0 Å². The van der Waals surface area contributed by atoms with Crippen LogP contribution in [0.25, 0.3) is 0 Å². The predicted octanol–water partition coefficient (Wildman–Crippen LogP) is 4.74.